The lowest BCUT2D eigenvalue weighted by Crippen LogP contribution is -2.40. The summed E-state index contributed by atoms with van der Waals surface area (Å²) in [4.78, 5) is 37.7. The van der Waals surface area contributed by atoms with Gasteiger partial charge in [0.25, 0.3) is 0 Å². The third-order valence-electron chi connectivity index (χ3n) is 4.31. The number of hydrogen-bond acceptors (Lipinski definition) is 4. The van der Waals surface area contributed by atoms with E-state index in [0.717, 1.165) is 5.56 Å². The van der Waals surface area contributed by atoms with Crippen LogP contribution in [0.2, 0.25) is 0 Å². The van der Waals surface area contributed by atoms with E-state index in [2.05, 4.69) is 4.74 Å². The Balaban J connectivity index is 2.31. The molecular weight excluding hydrogens is 354 g/mol. The molecule has 3 rings (SSSR count). The van der Waals surface area contributed by atoms with Crippen LogP contribution in [0.25, 0.3) is 5.57 Å². The van der Waals surface area contributed by atoms with Gasteiger partial charge in [-0.1, -0.05) is 54.1 Å². The van der Waals surface area contributed by atoms with Crippen LogP contribution < -0.4 is 0 Å². The molecule has 1 aliphatic rings. The molecule has 0 atom stereocenters. The van der Waals surface area contributed by atoms with Crippen molar-refractivity contribution in [1.82, 2.24) is 0 Å². The molecule has 4 nitrogen and oxygen atoms in total. The third-order valence-corrected chi connectivity index (χ3v) is 4.31. The van der Waals surface area contributed by atoms with Crippen molar-refractivity contribution in [3.63, 3.8) is 0 Å². The van der Waals surface area contributed by atoms with Gasteiger partial charge in [-0.2, -0.15) is 8.78 Å². The molecule has 2 aromatic rings. The summed E-state index contributed by atoms with van der Waals surface area (Å²) < 4.78 is 34.3. The fourth-order valence-corrected chi connectivity index (χ4v) is 2.99. The Labute approximate surface area is 154 Å². The van der Waals surface area contributed by atoms with E-state index in [-0.39, 0.29) is 23.3 Å². The quantitative estimate of drug-likeness (QED) is 0.763. The minimum atomic E-state index is -4.25. The predicted octanol–water partition coefficient (Wildman–Crippen LogP) is 4.03. The highest BCUT2D eigenvalue weighted by Crippen LogP contribution is 2.40. The van der Waals surface area contributed by atoms with Gasteiger partial charge in [-0.3, -0.25) is 9.59 Å². The summed E-state index contributed by atoms with van der Waals surface area (Å²) in [5.74, 6) is -7.90. The van der Waals surface area contributed by atoms with Crippen molar-refractivity contribution in [2.24, 2.45) is 0 Å². The first-order valence-electron chi connectivity index (χ1n) is 8.34. The van der Waals surface area contributed by atoms with E-state index in [1.165, 1.54) is 37.3 Å². The third kappa shape index (κ3) is 3.07. The standard InChI is InChI=1S/C21H16F2O4/c1-3-27-20(26)21(22,23)17-16(13-10-8-12(2)9-11-13)18(24)14-6-4-5-7-15(14)19(17)25/h4-11H,3H2,1-2H3. The molecule has 0 amide bonds. The largest absolute Gasteiger partial charge is 0.461 e. The highest BCUT2D eigenvalue weighted by atomic mass is 19.3. The lowest BCUT2D eigenvalue weighted by Gasteiger charge is -2.25. The van der Waals surface area contributed by atoms with E-state index in [4.69, 9.17) is 0 Å². The Kier molecular flexibility index (Phi) is 4.74. The van der Waals surface area contributed by atoms with Gasteiger partial charge in [-0.05, 0) is 19.4 Å². The maximum absolute atomic E-state index is 14.9. The molecule has 6 heteroatoms. The highest BCUT2D eigenvalue weighted by Gasteiger charge is 2.53. The van der Waals surface area contributed by atoms with Crippen LogP contribution in [0.4, 0.5) is 8.78 Å². The summed E-state index contributed by atoms with van der Waals surface area (Å²) in [6, 6.07) is 12.0. The summed E-state index contributed by atoms with van der Waals surface area (Å²) in [5.41, 5.74) is -0.746. The number of fused-ring (bicyclic) bond motifs is 1. The average Bonchev–Trinajstić information content (AvgIpc) is 2.65. The van der Waals surface area contributed by atoms with E-state index >= 15 is 0 Å². The van der Waals surface area contributed by atoms with E-state index in [1.807, 2.05) is 0 Å². The van der Waals surface area contributed by atoms with Gasteiger partial charge in [0.1, 0.15) is 0 Å². The maximum Gasteiger partial charge on any atom is 0.382 e. The van der Waals surface area contributed by atoms with Crippen LogP contribution >= 0.6 is 0 Å². The first-order valence-corrected chi connectivity index (χ1v) is 8.34. The number of alkyl halides is 2. The molecule has 0 aromatic heterocycles. The average molecular weight is 370 g/mol. The van der Waals surface area contributed by atoms with E-state index in [0.29, 0.717) is 0 Å². The molecule has 0 N–H and O–H groups in total. The lowest BCUT2D eigenvalue weighted by atomic mass is 9.78. The van der Waals surface area contributed by atoms with Crippen LogP contribution in [0, 0.1) is 6.92 Å². The molecule has 0 saturated heterocycles. The number of allylic oxidation sites excluding steroid dienone is 1. The number of carbonyl (C=O) groups excluding carboxylic acids is 3. The van der Waals surface area contributed by atoms with Gasteiger partial charge in [-0.25, -0.2) is 4.79 Å². The molecule has 138 valence electrons. The number of rotatable bonds is 4. The summed E-state index contributed by atoms with van der Waals surface area (Å²) in [6.07, 6.45) is 0. The molecule has 0 aliphatic heterocycles. The van der Waals surface area contributed by atoms with Crippen LogP contribution in [-0.2, 0) is 9.53 Å². The van der Waals surface area contributed by atoms with Crippen LogP contribution in [0.15, 0.2) is 54.1 Å². The normalized spacial score (nSPS) is 14.2. The van der Waals surface area contributed by atoms with Crippen LogP contribution in [-0.4, -0.2) is 30.1 Å². The molecule has 0 unspecified atom stereocenters. The van der Waals surface area contributed by atoms with Gasteiger partial charge in [0, 0.05) is 16.7 Å². The van der Waals surface area contributed by atoms with Gasteiger partial charge >= 0.3 is 11.9 Å². The van der Waals surface area contributed by atoms with E-state index in [1.54, 1.807) is 25.1 Å². The molecule has 0 saturated carbocycles. The smallest absolute Gasteiger partial charge is 0.382 e. The second-order valence-electron chi connectivity index (χ2n) is 6.11. The first-order chi connectivity index (χ1) is 12.8. The lowest BCUT2D eigenvalue weighted by molar-refractivity contribution is -0.165. The minimum Gasteiger partial charge on any atom is -0.461 e. The predicted molar refractivity (Wildman–Crippen MR) is 94.8 cm³/mol. The number of ketones is 2. The molecule has 0 heterocycles. The number of ether oxygens (including phenoxy) is 1. The fourth-order valence-electron chi connectivity index (χ4n) is 2.99. The number of hydrogen-bond donors (Lipinski definition) is 0. The number of halogens is 2. The Morgan fingerprint density at radius 3 is 2.07 bits per heavy atom. The van der Waals surface area contributed by atoms with Crippen molar-refractivity contribution >= 4 is 23.1 Å². The van der Waals surface area contributed by atoms with Crippen molar-refractivity contribution in [3.05, 3.63) is 76.4 Å². The van der Waals surface area contributed by atoms with E-state index < -0.39 is 34.6 Å². The molecule has 0 bridgehead atoms. The summed E-state index contributed by atoms with van der Waals surface area (Å²) >= 11 is 0. The Morgan fingerprint density at radius 2 is 1.52 bits per heavy atom. The molecule has 2 aromatic carbocycles. The summed E-state index contributed by atoms with van der Waals surface area (Å²) in [5, 5.41) is 0. The van der Waals surface area contributed by atoms with Gasteiger partial charge in [0.05, 0.1) is 12.2 Å². The zero-order chi connectivity index (χ0) is 19.8. The minimum absolute atomic E-state index is 0.0292. The van der Waals surface area contributed by atoms with Crippen molar-refractivity contribution in [2.75, 3.05) is 6.61 Å². The molecule has 0 spiro atoms. The van der Waals surface area contributed by atoms with Gasteiger partial charge in [-0.15, -0.1) is 0 Å². The molecular formula is C21H16F2O4. The highest BCUT2D eigenvalue weighted by molar-refractivity contribution is 6.41. The fraction of sp³-hybridized carbons (Fsp3) is 0.190. The zero-order valence-electron chi connectivity index (χ0n) is 14.7. The summed E-state index contributed by atoms with van der Waals surface area (Å²) in [7, 11) is 0. The number of carbonyl (C=O) groups is 3. The molecule has 27 heavy (non-hydrogen) atoms. The molecule has 0 fully saturated rings. The van der Waals surface area contributed by atoms with Crippen molar-refractivity contribution in [1.29, 1.82) is 0 Å². The van der Waals surface area contributed by atoms with Gasteiger partial charge < -0.3 is 4.74 Å². The topological polar surface area (TPSA) is 60.4 Å². The van der Waals surface area contributed by atoms with Crippen LogP contribution in [0.1, 0.15) is 38.8 Å². The van der Waals surface area contributed by atoms with Gasteiger partial charge in [0.2, 0.25) is 0 Å². The van der Waals surface area contributed by atoms with Crippen molar-refractivity contribution in [3.8, 4) is 0 Å². The second-order valence-corrected chi connectivity index (χ2v) is 6.11. The summed E-state index contributed by atoms with van der Waals surface area (Å²) in [6.45, 7) is 2.90. The molecule has 0 radical (unpaired) electrons. The van der Waals surface area contributed by atoms with Gasteiger partial charge in [0.15, 0.2) is 11.6 Å². The number of aryl methyl sites for hydroxylation is 1. The Hall–Kier alpha value is -3.15. The second kappa shape index (κ2) is 6.87. The van der Waals surface area contributed by atoms with Crippen molar-refractivity contribution < 1.29 is 27.9 Å². The zero-order valence-corrected chi connectivity index (χ0v) is 14.7. The Morgan fingerprint density at radius 1 is 0.963 bits per heavy atom. The number of benzene rings is 2. The number of Topliss-reactive ketones (excluding diaryl/α,β-unsaturated/α-hetero) is 2. The molecule has 1 aliphatic carbocycles. The first kappa shape index (κ1) is 18.6. The van der Waals surface area contributed by atoms with Crippen LogP contribution in [0.3, 0.4) is 0 Å². The van der Waals surface area contributed by atoms with Crippen molar-refractivity contribution in [2.45, 2.75) is 19.8 Å². The Bertz CT molecular complexity index is 972. The van der Waals surface area contributed by atoms with E-state index in [9.17, 15) is 23.2 Å². The van der Waals surface area contributed by atoms with Crippen LogP contribution in [0.5, 0.6) is 0 Å². The SMILES string of the molecule is CCOC(=O)C(F)(F)C1=C(c2ccc(C)cc2)C(=O)c2ccccc2C1=O. The number of esters is 1. The monoisotopic (exact) mass is 370 g/mol. The maximum atomic E-state index is 14.9.